The molecule has 0 saturated heterocycles. The van der Waals surface area contributed by atoms with Gasteiger partial charge in [0.2, 0.25) is 0 Å². The van der Waals surface area contributed by atoms with Crippen molar-refractivity contribution >= 4 is 5.82 Å². The monoisotopic (exact) mass is 261 g/mol. The average molecular weight is 261 g/mol. The van der Waals surface area contributed by atoms with Gasteiger partial charge in [0.05, 0.1) is 12.1 Å². The van der Waals surface area contributed by atoms with Crippen LogP contribution < -0.4 is 5.32 Å². The maximum atomic E-state index is 9.86. The molecule has 19 heavy (non-hydrogen) atoms. The first kappa shape index (κ1) is 12.9. The maximum absolute atomic E-state index is 9.86. The highest BCUT2D eigenvalue weighted by Gasteiger charge is 2.35. The topological polar surface area (TPSA) is 58.0 Å². The lowest BCUT2D eigenvalue weighted by molar-refractivity contribution is 0.149. The Balaban J connectivity index is 1.85. The van der Waals surface area contributed by atoms with Crippen molar-refractivity contribution in [1.29, 1.82) is 0 Å². The minimum atomic E-state index is -0.178. The van der Waals surface area contributed by atoms with E-state index in [1.165, 1.54) is 30.5 Å². The molecule has 1 heterocycles. The smallest absolute Gasteiger partial charge is 0.133 e. The van der Waals surface area contributed by atoms with Gasteiger partial charge in [0.15, 0.2) is 0 Å². The molecule has 0 aromatic carbocycles. The number of hydrogen-bond donors (Lipinski definition) is 2. The Kier molecular flexibility index (Phi) is 3.44. The number of hydrogen-bond acceptors (Lipinski definition) is 4. The summed E-state index contributed by atoms with van der Waals surface area (Å²) in [7, 11) is 0. The van der Waals surface area contributed by atoms with Crippen LogP contribution in [0.3, 0.4) is 0 Å². The van der Waals surface area contributed by atoms with E-state index in [4.69, 9.17) is 0 Å². The zero-order valence-electron chi connectivity index (χ0n) is 11.7. The van der Waals surface area contributed by atoms with Gasteiger partial charge in [-0.3, -0.25) is 0 Å². The normalized spacial score (nSPS) is 30.1. The molecule has 104 valence electrons. The van der Waals surface area contributed by atoms with E-state index in [1.807, 2.05) is 0 Å². The number of anilines is 1. The molecule has 4 nitrogen and oxygen atoms in total. The largest absolute Gasteiger partial charge is 0.394 e. The first-order chi connectivity index (χ1) is 9.22. The van der Waals surface area contributed by atoms with E-state index in [9.17, 15) is 5.11 Å². The van der Waals surface area contributed by atoms with Crippen molar-refractivity contribution in [2.45, 2.75) is 57.4 Å². The molecule has 4 heteroatoms. The van der Waals surface area contributed by atoms with E-state index < -0.39 is 0 Å². The van der Waals surface area contributed by atoms with Gasteiger partial charge in [-0.05, 0) is 38.0 Å². The van der Waals surface area contributed by atoms with Crippen LogP contribution in [-0.2, 0) is 12.8 Å². The molecule has 0 aliphatic heterocycles. The number of fused-ring (bicyclic) bond motifs is 1. The van der Waals surface area contributed by atoms with Crippen LogP contribution in [-0.4, -0.2) is 27.2 Å². The molecule has 1 aromatic heterocycles. The molecule has 2 N–H and O–H groups in total. The number of aliphatic hydroxyl groups excluding tert-OH is 1. The lowest BCUT2D eigenvalue weighted by Crippen LogP contribution is -2.46. The van der Waals surface area contributed by atoms with E-state index in [0.717, 1.165) is 31.5 Å². The second kappa shape index (κ2) is 5.08. The molecule has 2 atom stereocenters. The summed E-state index contributed by atoms with van der Waals surface area (Å²) < 4.78 is 0. The van der Waals surface area contributed by atoms with E-state index >= 15 is 0 Å². The molecule has 1 saturated carbocycles. The van der Waals surface area contributed by atoms with Crippen LogP contribution >= 0.6 is 0 Å². The quantitative estimate of drug-likeness (QED) is 0.876. The summed E-state index contributed by atoms with van der Waals surface area (Å²) in [6, 6.07) is 0. The molecule has 0 spiro atoms. The van der Waals surface area contributed by atoms with Crippen LogP contribution in [0.5, 0.6) is 0 Å². The molecule has 2 unspecified atom stereocenters. The zero-order chi connectivity index (χ0) is 13.3. The summed E-state index contributed by atoms with van der Waals surface area (Å²) >= 11 is 0. The minimum Gasteiger partial charge on any atom is -0.394 e. The third-order valence-electron chi connectivity index (χ3n) is 4.65. The molecule has 3 rings (SSSR count). The highest BCUT2D eigenvalue weighted by atomic mass is 16.3. The van der Waals surface area contributed by atoms with Gasteiger partial charge < -0.3 is 10.4 Å². The van der Waals surface area contributed by atoms with Crippen LogP contribution in [0.2, 0.25) is 0 Å². The second-order valence-corrected chi connectivity index (χ2v) is 6.27. The molecule has 0 amide bonds. The molecule has 2 aliphatic carbocycles. The molecular weight excluding hydrogens is 238 g/mol. The second-order valence-electron chi connectivity index (χ2n) is 6.27. The third-order valence-corrected chi connectivity index (χ3v) is 4.65. The standard InChI is InChI=1S/C15H23N3O/c1-11-4-3-7-15(8-11,9-19)18-14-12-5-2-6-13(12)16-10-17-14/h10-11,19H,2-9H2,1H3,(H,16,17,18). The van der Waals surface area contributed by atoms with E-state index in [0.29, 0.717) is 5.92 Å². The maximum Gasteiger partial charge on any atom is 0.133 e. The predicted octanol–water partition coefficient (Wildman–Crippen LogP) is 2.32. The van der Waals surface area contributed by atoms with Crippen molar-refractivity contribution in [2.24, 2.45) is 5.92 Å². The Bertz CT molecular complexity index is 463. The van der Waals surface area contributed by atoms with Crippen molar-refractivity contribution in [2.75, 3.05) is 11.9 Å². The fourth-order valence-electron chi connectivity index (χ4n) is 3.68. The van der Waals surface area contributed by atoms with Crippen LogP contribution in [0.15, 0.2) is 6.33 Å². The Hall–Kier alpha value is -1.16. The van der Waals surface area contributed by atoms with Crippen molar-refractivity contribution in [3.05, 3.63) is 17.6 Å². The van der Waals surface area contributed by atoms with Gasteiger partial charge in [0.25, 0.3) is 0 Å². The Labute approximate surface area is 114 Å². The van der Waals surface area contributed by atoms with Crippen molar-refractivity contribution < 1.29 is 5.11 Å². The molecular formula is C15H23N3O. The fraction of sp³-hybridized carbons (Fsp3) is 0.733. The van der Waals surface area contributed by atoms with Crippen molar-refractivity contribution in [3.63, 3.8) is 0 Å². The highest BCUT2D eigenvalue weighted by Crippen LogP contribution is 2.36. The number of aromatic nitrogens is 2. The van der Waals surface area contributed by atoms with Gasteiger partial charge in [-0.25, -0.2) is 9.97 Å². The van der Waals surface area contributed by atoms with Crippen LogP contribution in [0.25, 0.3) is 0 Å². The number of nitrogens with zero attached hydrogens (tertiary/aromatic N) is 2. The highest BCUT2D eigenvalue weighted by molar-refractivity contribution is 5.50. The Morgan fingerprint density at radius 3 is 3.05 bits per heavy atom. The van der Waals surface area contributed by atoms with E-state index in [1.54, 1.807) is 6.33 Å². The summed E-state index contributed by atoms with van der Waals surface area (Å²) in [5.41, 5.74) is 2.28. The third kappa shape index (κ3) is 2.46. The number of aryl methyl sites for hydroxylation is 1. The van der Waals surface area contributed by atoms with Crippen LogP contribution in [0.1, 0.15) is 50.3 Å². The van der Waals surface area contributed by atoms with Crippen molar-refractivity contribution in [1.82, 2.24) is 9.97 Å². The first-order valence-electron chi connectivity index (χ1n) is 7.44. The van der Waals surface area contributed by atoms with Gasteiger partial charge >= 0.3 is 0 Å². The average Bonchev–Trinajstić information content (AvgIpc) is 2.88. The fourth-order valence-corrected chi connectivity index (χ4v) is 3.68. The number of aliphatic hydroxyl groups is 1. The summed E-state index contributed by atoms with van der Waals surface area (Å²) in [4.78, 5) is 8.79. The van der Waals surface area contributed by atoms with E-state index in [-0.39, 0.29) is 12.1 Å². The van der Waals surface area contributed by atoms with E-state index in [2.05, 4.69) is 22.2 Å². The molecule has 0 bridgehead atoms. The van der Waals surface area contributed by atoms with Gasteiger partial charge in [0, 0.05) is 11.3 Å². The lowest BCUT2D eigenvalue weighted by Gasteiger charge is -2.40. The summed E-state index contributed by atoms with van der Waals surface area (Å²) in [5, 5.41) is 13.4. The number of nitrogens with one attached hydrogen (secondary N) is 1. The lowest BCUT2D eigenvalue weighted by atomic mass is 9.77. The van der Waals surface area contributed by atoms with Gasteiger partial charge in [-0.2, -0.15) is 0 Å². The summed E-state index contributed by atoms with van der Waals surface area (Å²) in [6.07, 6.45) is 9.47. The molecule has 1 fully saturated rings. The molecule has 2 aliphatic rings. The summed E-state index contributed by atoms with van der Waals surface area (Å²) in [5.74, 6) is 1.63. The minimum absolute atomic E-state index is 0.178. The zero-order valence-corrected chi connectivity index (χ0v) is 11.7. The van der Waals surface area contributed by atoms with Gasteiger partial charge in [-0.15, -0.1) is 0 Å². The first-order valence-corrected chi connectivity index (χ1v) is 7.44. The van der Waals surface area contributed by atoms with Crippen molar-refractivity contribution in [3.8, 4) is 0 Å². The number of rotatable bonds is 3. The molecule has 1 aromatic rings. The SMILES string of the molecule is CC1CCCC(CO)(Nc2ncnc3c2CCC3)C1. The predicted molar refractivity (Wildman–Crippen MR) is 75.1 cm³/mol. The Morgan fingerprint density at radius 1 is 1.37 bits per heavy atom. The van der Waals surface area contributed by atoms with Crippen LogP contribution in [0.4, 0.5) is 5.82 Å². The molecule has 0 radical (unpaired) electrons. The van der Waals surface area contributed by atoms with Gasteiger partial charge in [-0.1, -0.05) is 19.8 Å². The summed E-state index contributed by atoms with van der Waals surface area (Å²) in [6.45, 7) is 2.46. The Morgan fingerprint density at radius 2 is 2.26 bits per heavy atom. The van der Waals surface area contributed by atoms with Crippen LogP contribution in [0, 0.1) is 5.92 Å². The van der Waals surface area contributed by atoms with Gasteiger partial charge in [0.1, 0.15) is 12.1 Å².